The van der Waals surface area contributed by atoms with Gasteiger partial charge in [-0.25, -0.2) is 4.98 Å². The van der Waals surface area contributed by atoms with Crippen LogP contribution in [0.15, 0.2) is 36.5 Å². The van der Waals surface area contributed by atoms with Crippen molar-refractivity contribution in [3.05, 3.63) is 47.0 Å². The number of nitrogens with zero attached hydrogens (tertiary/aromatic N) is 2. The molecule has 26 heavy (non-hydrogen) atoms. The fourth-order valence-electron chi connectivity index (χ4n) is 3.06. The van der Waals surface area contributed by atoms with Crippen molar-refractivity contribution >= 4 is 40.0 Å². The van der Waals surface area contributed by atoms with Gasteiger partial charge in [-0.2, -0.15) is 0 Å². The Morgan fingerprint density at radius 3 is 2.77 bits per heavy atom. The molecular weight excluding hydrogens is 366 g/mol. The minimum atomic E-state index is -0.426. The largest absolute Gasteiger partial charge is 0.321 e. The Kier molecular flexibility index (Phi) is 6.32. The van der Waals surface area contributed by atoms with Gasteiger partial charge in [-0.3, -0.25) is 9.59 Å². The van der Waals surface area contributed by atoms with Gasteiger partial charge in [0.1, 0.15) is 6.04 Å². The molecule has 1 N–H and O–H groups in total. The number of carbonyl (C=O) groups is 2. The summed E-state index contributed by atoms with van der Waals surface area (Å²) in [5.41, 5.74) is 1.18. The third-order valence-corrected chi connectivity index (χ3v) is 6.38. The lowest BCUT2D eigenvalue weighted by atomic mass is 9.92. The number of amides is 2. The molecule has 2 amide bonds. The van der Waals surface area contributed by atoms with Gasteiger partial charge in [0, 0.05) is 23.2 Å². The quantitative estimate of drug-likeness (QED) is 0.814. The summed E-state index contributed by atoms with van der Waals surface area (Å²) >= 11 is 3.06. The van der Waals surface area contributed by atoms with E-state index < -0.39 is 6.04 Å². The van der Waals surface area contributed by atoms with Crippen molar-refractivity contribution < 1.29 is 9.59 Å². The number of rotatable bonds is 6. The van der Waals surface area contributed by atoms with Crippen LogP contribution in [0.4, 0.5) is 5.13 Å². The van der Waals surface area contributed by atoms with Crippen LogP contribution in [0, 0.1) is 6.92 Å². The molecule has 1 saturated heterocycles. The van der Waals surface area contributed by atoms with Crippen molar-refractivity contribution in [2.45, 2.75) is 38.6 Å². The summed E-state index contributed by atoms with van der Waals surface area (Å²) in [5.74, 6) is 1.27. The molecular formula is C19H23N3O2S2. The standard InChI is InChI=1S/C19H23N3O2S2/c1-3-14(15-7-5-4-6-8-15)9-17(23)22-12-25-11-16(22)18(24)21-19-20-10-13(2)26-19/h4-8,10,14,16H,3,9,11-12H2,1-2H3,(H,20,21,24). The number of hydrogen-bond donors (Lipinski definition) is 1. The molecule has 0 saturated carbocycles. The molecule has 2 heterocycles. The molecule has 1 aromatic carbocycles. The second-order valence-electron chi connectivity index (χ2n) is 6.36. The van der Waals surface area contributed by atoms with Crippen LogP contribution in [0.5, 0.6) is 0 Å². The normalized spacial score (nSPS) is 17.9. The Labute approximate surface area is 162 Å². The van der Waals surface area contributed by atoms with Gasteiger partial charge < -0.3 is 10.2 Å². The third kappa shape index (κ3) is 4.45. The number of aromatic nitrogens is 1. The minimum Gasteiger partial charge on any atom is -0.321 e. The van der Waals surface area contributed by atoms with Crippen LogP contribution in [-0.2, 0) is 9.59 Å². The van der Waals surface area contributed by atoms with Crippen LogP contribution < -0.4 is 5.32 Å². The van der Waals surface area contributed by atoms with Gasteiger partial charge in [-0.05, 0) is 24.8 Å². The van der Waals surface area contributed by atoms with Gasteiger partial charge in [-0.15, -0.1) is 23.1 Å². The summed E-state index contributed by atoms with van der Waals surface area (Å²) in [6.07, 6.45) is 3.06. The van der Waals surface area contributed by atoms with E-state index in [1.807, 2.05) is 25.1 Å². The first-order valence-electron chi connectivity index (χ1n) is 8.74. The van der Waals surface area contributed by atoms with Gasteiger partial charge in [0.05, 0.1) is 5.88 Å². The second kappa shape index (κ2) is 8.68. The molecule has 0 bridgehead atoms. The molecule has 0 radical (unpaired) electrons. The van der Waals surface area contributed by atoms with Gasteiger partial charge in [0.2, 0.25) is 11.8 Å². The fourth-order valence-corrected chi connectivity index (χ4v) is 4.91. The Morgan fingerprint density at radius 1 is 1.35 bits per heavy atom. The number of anilines is 1. The van der Waals surface area contributed by atoms with Crippen LogP contribution >= 0.6 is 23.1 Å². The predicted octanol–water partition coefficient (Wildman–Crippen LogP) is 3.88. The molecule has 2 aromatic rings. The van der Waals surface area contributed by atoms with Crippen molar-refractivity contribution in [2.24, 2.45) is 0 Å². The molecule has 7 heteroatoms. The molecule has 1 aliphatic rings. The van der Waals surface area contributed by atoms with E-state index >= 15 is 0 Å². The summed E-state index contributed by atoms with van der Waals surface area (Å²) in [6, 6.07) is 9.69. The molecule has 1 fully saturated rings. The monoisotopic (exact) mass is 389 g/mol. The molecule has 0 spiro atoms. The number of thiazole rings is 1. The Balaban J connectivity index is 1.65. The van der Waals surface area contributed by atoms with E-state index in [0.717, 1.165) is 11.3 Å². The highest BCUT2D eigenvalue weighted by Gasteiger charge is 2.35. The SMILES string of the molecule is CCC(CC(=O)N1CSCC1C(=O)Nc1ncc(C)s1)c1ccccc1. The first-order chi connectivity index (χ1) is 12.6. The lowest BCUT2D eigenvalue weighted by molar-refractivity contribution is -0.136. The van der Waals surface area contributed by atoms with Crippen molar-refractivity contribution in [1.29, 1.82) is 0 Å². The maximum absolute atomic E-state index is 12.9. The molecule has 2 unspecified atom stereocenters. The number of benzene rings is 1. The lowest BCUT2D eigenvalue weighted by Gasteiger charge is -2.25. The molecule has 2 atom stereocenters. The Morgan fingerprint density at radius 2 is 2.12 bits per heavy atom. The lowest BCUT2D eigenvalue weighted by Crippen LogP contribution is -2.44. The molecule has 138 valence electrons. The molecule has 5 nitrogen and oxygen atoms in total. The van der Waals surface area contributed by atoms with Gasteiger partial charge >= 0.3 is 0 Å². The van der Waals surface area contributed by atoms with Crippen LogP contribution in [-0.4, -0.2) is 39.4 Å². The molecule has 3 rings (SSSR count). The summed E-state index contributed by atoms with van der Waals surface area (Å²) in [5, 5.41) is 3.44. The fraction of sp³-hybridized carbons (Fsp3) is 0.421. The Hall–Kier alpha value is -1.86. The van der Waals surface area contributed by atoms with Gasteiger partial charge in [0.15, 0.2) is 5.13 Å². The van der Waals surface area contributed by atoms with Crippen molar-refractivity contribution in [3.63, 3.8) is 0 Å². The van der Waals surface area contributed by atoms with E-state index in [1.165, 1.54) is 16.9 Å². The van der Waals surface area contributed by atoms with E-state index in [4.69, 9.17) is 0 Å². The molecule has 1 aliphatic heterocycles. The van der Waals surface area contributed by atoms with E-state index in [9.17, 15) is 9.59 Å². The highest BCUT2D eigenvalue weighted by atomic mass is 32.2. The molecule has 0 aliphatic carbocycles. The average Bonchev–Trinajstić information content (AvgIpc) is 3.29. The highest BCUT2D eigenvalue weighted by molar-refractivity contribution is 7.99. The van der Waals surface area contributed by atoms with Crippen LogP contribution in [0.25, 0.3) is 0 Å². The van der Waals surface area contributed by atoms with Crippen LogP contribution in [0.1, 0.15) is 36.1 Å². The maximum atomic E-state index is 12.9. The van der Waals surface area contributed by atoms with E-state index in [0.29, 0.717) is 23.2 Å². The van der Waals surface area contributed by atoms with Crippen molar-refractivity contribution in [3.8, 4) is 0 Å². The predicted molar refractivity (Wildman–Crippen MR) is 108 cm³/mol. The van der Waals surface area contributed by atoms with Crippen LogP contribution in [0.3, 0.4) is 0 Å². The summed E-state index contributed by atoms with van der Waals surface area (Å²) in [4.78, 5) is 32.4. The third-order valence-electron chi connectivity index (χ3n) is 4.54. The van der Waals surface area contributed by atoms with E-state index in [2.05, 4.69) is 29.4 Å². The van der Waals surface area contributed by atoms with Crippen molar-refractivity contribution in [1.82, 2.24) is 9.88 Å². The smallest absolute Gasteiger partial charge is 0.249 e. The summed E-state index contributed by atoms with van der Waals surface area (Å²) in [7, 11) is 0. The summed E-state index contributed by atoms with van der Waals surface area (Å²) < 4.78 is 0. The zero-order valence-electron chi connectivity index (χ0n) is 15.0. The number of nitrogens with one attached hydrogen (secondary N) is 1. The van der Waals surface area contributed by atoms with E-state index in [1.54, 1.807) is 22.9 Å². The minimum absolute atomic E-state index is 0.0428. The van der Waals surface area contributed by atoms with Crippen LogP contribution in [0.2, 0.25) is 0 Å². The first-order valence-corrected chi connectivity index (χ1v) is 10.7. The first kappa shape index (κ1) is 18.9. The van der Waals surface area contributed by atoms with Crippen molar-refractivity contribution in [2.75, 3.05) is 16.9 Å². The van der Waals surface area contributed by atoms with Gasteiger partial charge in [0.25, 0.3) is 0 Å². The molecule has 1 aromatic heterocycles. The number of thioether (sulfide) groups is 1. The van der Waals surface area contributed by atoms with Gasteiger partial charge in [-0.1, -0.05) is 37.3 Å². The Bertz CT molecular complexity index is 763. The zero-order chi connectivity index (χ0) is 18.5. The average molecular weight is 390 g/mol. The highest BCUT2D eigenvalue weighted by Crippen LogP contribution is 2.28. The number of hydrogen-bond acceptors (Lipinski definition) is 5. The zero-order valence-corrected chi connectivity index (χ0v) is 16.6. The summed E-state index contributed by atoms with van der Waals surface area (Å²) in [6.45, 7) is 4.04. The number of carbonyl (C=O) groups excluding carboxylic acids is 2. The number of aryl methyl sites for hydroxylation is 1. The second-order valence-corrected chi connectivity index (χ2v) is 8.60. The maximum Gasteiger partial charge on any atom is 0.249 e. The topological polar surface area (TPSA) is 62.3 Å². The van der Waals surface area contributed by atoms with E-state index in [-0.39, 0.29) is 17.7 Å².